The first kappa shape index (κ1) is 16.6. The van der Waals surface area contributed by atoms with Crippen molar-refractivity contribution >= 4 is 23.6 Å². The highest BCUT2D eigenvalue weighted by molar-refractivity contribution is 7.99. The molecular formula is C15H21NO3S. The minimum atomic E-state index is -0.854. The van der Waals surface area contributed by atoms with Gasteiger partial charge in [-0.15, -0.1) is 11.8 Å². The number of carboxylic acids is 1. The van der Waals surface area contributed by atoms with E-state index in [1.165, 1.54) is 4.90 Å². The van der Waals surface area contributed by atoms with E-state index in [0.717, 1.165) is 12.2 Å². The van der Waals surface area contributed by atoms with Crippen LogP contribution in [0.4, 0.5) is 0 Å². The van der Waals surface area contributed by atoms with E-state index in [2.05, 4.69) is 5.32 Å². The maximum Gasteiger partial charge on any atom is 0.308 e. The van der Waals surface area contributed by atoms with Gasteiger partial charge in [0, 0.05) is 17.9 Å². The molecular weight excluding hydrogens is 274 g/mol. The molecule has 20 heavy (non-hydrogen) atoms. The number of thioether (sulfide) groups is 1. The molecule has 0 bridgehead atoms. The molecule has 0 aliphatic rings. The highest BCUT2D eigenvalue weighted by Gasteiger charge is 2.15. The van der Waals surface area contributed by atoms with Gasteiger partial charge in [-0.05, 0) is 30.7 Å². The van der Waals surface area contributed by atoms with Crippen molar-refractivity contribution in [2.45, 2.75) is 31.1 Å². The van der Waals surface area contributed by atoms with Crippen LogP contribution in [-0.4, -0.2) is 29.3 Å². The first-order valence-electron chi connectivity index (χ1n) is 6.80. The third-order valence-electron chi connectivity index (χ3n) is 2.95. The van der Waals surface area contributed by atoms with E-state index in [1.807, 2.05) is 30.3 Å². The summed E-state index contributed by atoms with van der Waals surface area (Å²) < 4.78 is 0. The highest BCUT2D eigenvalue weighted by Crippen LogP contribution is 2.18. The molecule has 0 aliphatic heterocycles. The van der Waals surface area contributed by atoms with Crippen LogP contribution in [0.1, 0.15) is 26.2 Å². The van der Waals surface area contributed by atoms with Crippen LogP contribution in [-0.2, 0) is 9.59 Å². The number of carbonyl (C=O) groups is 2. The van der Waals surface area contributed by atoms with Crippen LogP contribution in [0.3, 0.4) is 0 Å². The van der Waals surface area contributed by atoms with E-state index >= 15 is 0 Å². The quantitative estimate of drug-likeness (QED) is 0.543. The molecule has 1 unspecified atom stereocenters. The summed E-state index contributed by atoms with van der Waals surface area (Å²) in [4.78, 5) is 23.6. The van der Waals surface area contributed by atoms with Gasteiger partial charge in [-0.25, -0.2) is 0 Å². The zero-order chi connectivity index (χ0) is 14.8. The Balaban J connectivity index is 2.13. The normalized spacial score (nSPS) is 11.8. The third kappa shape index (κ3) is 6.61. The van der Waals surface area contributed by atoms with Crippen LogP contribution in [0.25, 0.3) is 0 Å². The number of amides is 1. The van der Waals surface area contributed by atoms with Gasteiger partial charge in [-0.2, -0.15) is 0 Å². The second-order valence-corrected chi connectivity index (χ2v) is 5.68. The van der Waals surface area contributed by atoms with Crippen LogP contribution < -0.4 is 5.32 Å². The Labute approximate surface area is 124 Å². The predicted molar refractivity (Wildman–Crippen MR) is 80.8 cm³/mol. The van der Waals surface area contributed by atoms with Crippen molar-refractivity contribution in [2.75, 3.05) is 12.3 Å². The van der Waals surface area contributed by atoms with Gasteiger partial charge in [0.25, 0.3) is 0 Å². The molecule has 0 saturated heterocycles. The van der Waals surface area contributed by atoms with Gasteiger partial charge in [-0.3, -0.25) is 9.59 Å². The van der Waals surface area contributed by atoms with Gasteiger partial charge in [0.05, 0.1) is 5.92 Å². The van der Waals surface area contributed by atoms with Crippen molar-refractivity contribution in [3.05, 3.63) is 30.3 Å². The summed E-state index contributed by atoms with van der Waals surface area (Å²) >= 11 is 1.72. The fourth-order valence-corrected chi connectivity index (χ4v) is 2.55. The summed E-state index contributed by atoms with van der Waals surface area (Å²) in [5.74, 6) is -0.531. The molecule has 110 valence electrons. The summed E-state index contributed by atoms with van der Waals surface area (Å²) in [6.07, 6.45) is 1.75. The van der Waals surface area contributed by atoms with Crippen molar-refractivity contribution in [3.8, 4) is 0 Å². The van der Waals surface area contributed by atoms with Crippen LogP contribution in [0.15, 0.2) is 35.2 Å². The maximum absolute atomic E-state index is 11.6. The van der Waals surface area contributed by atoms with Gasteiger partial charge >= 0.3 is 5.97 Å². The first-order valence-corrected chi connectivity index (χ1v) is 7.79. The van der Waals surface area contributed by atoms with Crippen LogP contribution in [0, 0.1) is 5.92 Å². The maximum atomic E-state index is 11.6. The van der Waals surface area contributed by atoms with Crippen molar-refractivity contribution < 1.29 is 14.7 Å². The summed E-state index contributed by atoms with van der Waals surface area (Å²) in [5.41, 5.74) is 0. The number of carboxylic acid groups (broad SMARTS) is 1. The molecule has 0 fully saturated rings. The minimum Gasteiger partial charge on any atom is -0.481 e. The topological polar surface area (TPSA) is 66.4 Å². The standard InChI is InChI=1S/C15H21NO3S/c1-2-12(15(18)19)11-16-14(17)9-6-10-20-13-7-4-3-5-8-13/h3-5,7-8,12H,2,6,9-11H2,1H3,(H,16,17)(H,18,19). The Hall–Kier alpha value is -1.49. The fourth-order valence-electron chi connectivity index (χ4n) is 1.67. The fraction of sp³-hybridized carbons (Fsp3) is 0.467. The highest BCUT2D eigenvalue weighted by atomic mass is 32.2. The lowest BCUT2D eigenvalue weighted by Gasteiger charge is -2.10. The molecule has 5 heteroatoms. The summed E-state index contributed by atoms with van der Waals surface area (Å²) in [5, 5.41) is 11.6. The van der Waals surface area contributed by atoms with Gasteiger partial charge in [0.1, 0.15) is 0 Å². The van der Waals surface area contributed by atoms with Crippen molar-refractivity contribution in [3.63, 3.8) is 0 Å². The van der Waals surface area contributed by atoms with E-state index in [9.17, 15) is 9.59 Å². The molecule has 2 N–H and O–H groups in total. The Morgan fingerprint density at radius 2 is 2.00 bits per heavy atom. The second-order valence-electron chi connectivity index (χ2n) is 4.51. The molecule has 1 rings (SSSR count). The summed E-state index contributed by atoms with van der Waals surface area (Å²) in [6, 6.07) is 10.1. The van der Waals surface area contributed by atoms with Gasteiger partial charge in [0.2, 0.25) is 5.91 Å². The van der Waals surface area contributed by atoms with Crippen LogP contribution in [0.5, 0.6) is 0 Å². The van der Waals surface area contributed by atoms with E-state index < -0.39 is 11.9 Å². The van der Waals surface area contributed by atoms with E-state index in [-0.39, 0.29) is 12.5 Å². The lowest BCUT2D eigenvalue weighted by Crippen LogP contribution is -2.32. The molecule has 0 saturated carbocycles. The van der Waals surface area contributed by atoms with Gasteiger partial charge < -0.3 is 10.4 Å². The average molecular weight is 295 g/mol. The third-order valence-corrected chi connectivity index (χ3v) is 4.05. The molecule has 1 amide bonds. The van der Waals surface area contributed by atoms with Crippen molar-refractivity contribution in [1.29, 1.82) is 0 Å². The Morgan fingerprint density at radius 3 is 2.60 bits per heavy atom. The van der Waals surface area contributed by atoms with Crippen LogP contribution >= 0.6 is 11.8 Å². The van der Waals surface area contributed by atoms with Gasteiger partial charge in [-0.1, -0.05) is 25.1 Å². The number of nitrogens with one attached hydrogen (secondary N) is 1. The smallest absolute Gasteiger partial charge is 0.308 e. The van der Waals surface area contributed by atoms with E-state index in [4.69, 9.17) is 5.11 Å². The molecule has 1 atom stereocenters. The molecule has 0 aromatic heterocycles. The molecule has 0 spiro atoms. The minimum absolute atomic E-state index is 0.0710. The molecule has 0 radical (unpaired) electrons. The number of carbonyl (C=O) groups excluding carboxylic acids is 1. The zero-order valence-electron chi connectivity index (χ0n) is 11.7. The first-order chi connectivity index (χ1) is 9.63. The average Bonchev–Trinajstić information content (AvgIpc) is 2.45. The van der Waals surface area contributed by atoms with E-state index in [1.54, 1.807) is 18.7 Å². The lowest BCUT2D eigenvalue weighted by molar-refractivity contribution is -0.141. The largest absolute Gasteiger partial charge is 0.481 e. The van der Waals surface area contributed by atoms with Crippen molar-refractivity contribution in [2.24, 2.45) is 5.92 Å². The number of hydrogen-bond donors (Lipinski definition) is 2. The molecule has 1 aromatic rings. The number of hydrogen-bond acceptors (Lipinski definition) is 3. The number of benzene rings is 1. The SMILES string of the molecule is CCC(CNC(=O)CCCSc1ccccc1)C(=O)O. The molecule has 4 nitrogen and oxygen atoms in total. The van der Waals surface area contributed by atoms with E-state index in [0.29, 0.717) is 12.8 Å². The Morgan fingerprint density at radius 1 is 1.30 bits per heavy atom. The van der Waals surface area contributed by atoms with Gasteiger partial charge in [0.15, 0.2) is 0 Å². The number of rotatable bonds is 9. The lowest BCUT2D eigenvalue weighted by atomic mass is 10.1. The predicted octanol–water partition coefficient (Wildman–Crippen LogP) is 2.79. The molecule has 0 heterocycles. The van der Waals surface area contributed by atoms with Crippen molar-refractivity contribution in [1.82, 2.24) is 5.32 Å². The summed E-state index contributed by atoms with van der Waals surface area (Å²) in [6.45, 7) is 2.03. The summed E-state index contributed by atoms with van der Waals surface area (Å²) in [7, 11) is 0. The Bertz CT molecular complexity index is 422. The molecule has 0 aliphatic carbocycles. The van der Waals surface area contributed by atoms with Crippen LogP contribution in [0.2, 0.25) is 0 Å². The monoisotopic (exact) mass is 295 g/mol. The number of aliphatic carboxylic acids is 1. The Kier molecular flexibility index (Phi) is 7.80. The second kappa shape index (κ2) is 9.42. The molecule has 1 aromatic carbocycles. The zero-order valence-corrected chi connectivity index (χ0v) is 12.5.